The molecule has 0 fully saturated rings. The van der Waals surface area contributed by atoms with Crippen LogP contribution in [0.1, 0.15) is 11.3 Å². The summed E-state index contributed by atoms with van der Waals surface area (Å²) in [6.45, 7) is 0.577. The van der Waals surface area contributed by atoms with Crippen molar-refractivity contribution in [2.45, 2.75) is 13.0 Å². The molecule has 19 heavy (non-hydrogen) atoms. The molecular formula is C13H14N2O4. The predicted octanol–water partition coefficient (Wildman–Crippen LogP) is 0.848. The van der Waals surface area contributed by atoms with Crippen LogP contribution in [0.15, 0.2) is 45.8 Å². The van der Waals surface area contributed by atoms with E-state index in [4.69, 9.17) is 8.83 Å². The molecule has 2 heterocycles. The van der Waals surface area contributed by atoms with Crippen LogP contribution in [-0.4, -0.2) is 18.4 Å². The Bertz CT molecular complexity index is 517. The molecule has 0 aliphatic heterocycles. The maximum Gasteiger partial charge on any atom is 0.309 e. The number of nitrogens with one attached hydrogen (secondary N) is 2. The zero-order chi connectivity index (χ0) is 13.5. The van der Waals surface area contributed by atoms with Gasteiger partial charge in [0.15, 0.2) is 0 Å². The van der Waals surface area contributed by atoms with Gasteiger partial charge in [0.05, 0.1) is 25.3 Å². The molecule has 2 aromatic rings. The van der Waals surface area contributed by atoms with Gasteiger partial charge in [-0.15, -0.1) is 0 Å². The fourth-order valence-corrected chi connectivity index (χ4v) is 1.50. The molecule has 2 rings (SSSR count). The van der Waals surface area contributed by atoms with E-state index >= 15 is 0 Å². The van der Waals surface area contributed by atoms with Crippen LogP contribution in [0.2, 0.25) is 0 Å². The van der Waals surface area contributed by atoms with E-state index in [1.165, 1.54) is 6.26 Å². The maximum atomic E-state index is 11.5. The number of hydrogen-bond acceptors (Lipinski definition) is 4. The molecule has 0 saturated carbocycles. The third-order valence-electron chi connectivity index (χ3n) is 2.49. The summed E-state index contributed by atoms with van der Waals surface area (Å²) in [7, 11) is 0. The second kappa shape index (κ2) is 6.44. The first-order valence-corrected chi connectivity index (χ1v) is 5.85. The van der Waals surface area contributed by atoms with Gasteiger partial charge in [0.25, 0.3) is 0 Å². The lowest BCUT2D eigenvalue weighted by Gasteiger charge is -2.04. The van der Waals surface area contributed by atoms with Crippen molar-refractivity contribution in [3.05, 3.63) is 48.3 Å². The first-order chi connectivity index (χ1) is 9.25. The summed E-state index contributed by atoms with van der Waals surface area (Å²) >= 11 is 0. The van der Waals surface area contributed by atoms with E-state index in [1.807, 2.05) is 6.07 Å². The number of hydrogen-bond donors (Lipinski definition) is 2. The number of furan rings is 2. The van der Waals surface area contributed by atoms with Crippen LogP contribution in [0.5, 0.6) is 0 Å². The van der Waals surface area contributed by atoms with Gasteiger partial charge < -0.3 is 19.5 Å². The quantitative estimate of drug-likeness (QED) is 0.782. The molecule has 0 aromatic carbocycles. The largest absolute Gasteiger partial charge is 0.472 e. The summed E-state index contributed by atoms with van der Waals surface area (Å²) in [5.41, 5.74) is 0.969. The van der Waals surface area contributed by atoms with Crippen LogP contribution < -0.4 is 10.6 Å². The van der Waals surface area contributed by atoms with Gasteiger partial charge in [-0.05, 0) is 30.2 Å². The zero-order valence-electron chi connectivity index (χ0n) is 10.2. The third kappa shape index (κ3) is 4.02. The highest BCUT2D eigenvalue weighted by Gasteiger charge is 2.12. The molecule has 0 unspecified atom stereocenters. The molecule has 0 bridgehead atoms. The second-order valence-electron chi connectivity index (χ2n) is 3.90. The highest BCUT2D eigenvalue weighted by Crippen LogP contribution is 2.00. The third-order valence-corrected chi connectivity index (χ3v) is 2.49. The maximum absolute atomic E-state index is 11.5. The normalized spacial score (nSPS) is 10.1. The van der Waals surface area contributed by atoms with Gasteiger partial charge in [-0.1, -0.05) is 0 Å². The number of rotatable bonds is 5. The Labute approximate surface area is 109 Å². The van der Waals surface area contributed by atoms with Crippen molar-refractivity contribution < 1.29 is 18.4 Å². The van der Waals surface area contributed by atoms with Crippen LogP contribution in [0.25, 0.3) is 0 Å². The van der Waals surface area contributed by atoms with Gasteiger partial charge >= 0.3 is 11.8 Å². The molecule has 0 spiro atoms. The smallest absolute Gasteiger partial charge is 0.309 e. The van der Waals surface area contributed by atoms with Gasteiger partial charge in [-0.25, -0.2) is 0 Å². The minimum absolute atomic E-state index is 0.195. The summed E-state index contributed by atoms with van der Waals surface area (Å²) in [4.78, 5) is 22.9. The molecule has 6 heteroatoms. The Kier molecular flexibility index (Phi) is 4.39. The van der Waals surface area contributed by atoms with E-state index in [9.17, 15) is 9.59 Å². The van der Waals surface area contributed by atoms with Crippen LogP contribution >= 0.6 is 0 Å². The van der Waals surface area contributed by atoms with Crippen molar-refractivity contribution in [1.29, 1.82) is 0 Å². The lowest BCUT2D eigenvalue weighted by molar-refractivity contribution is -0.139. The van der Waals surface area contributed by atoms with Crippen molar-refractivity contribution in [3.63, 3.8) is 0 Å². The van der Waals surface area contributed by atoms with Crippen molar-refractivity contribution in [2.24, 2.45) is 0 Å². The number of carbonyl (C=O) groups excluding carboxylic acids is 2. The zero-order valence-corrected chi connectivity index (χ0v) is 10.2. The Hall–Kier alpha value is -2.50. The molecule has 0 aliphatic rings. The number of carbonyl (C=O) groups is 2. The highest BCUT2D eigenvalue weighted by molar-refractivity contribution is 6.35. The van der Waals surface area contributed by atoms with Crippen LogP contribution in [0.3, 0.4) is 0 Å². The molecule has 0 aliphatic carbocycles. The van der Waals surface area contributed by atoms with Crippen LogP contribution in [0.4, 0.5) is 0 Å². The molecule has 0 atom stereocenters. The Morgan fingerprint density at radius 3 is 2.63 bits per heavy atom. The van der Waals surface area contributed by atoms with Gasteiger partial charge in [0.2, 0.25) is 0 Å². The highest BCUT2D eigenvalue weighted by atomic mass is 16.3. The van der Waals surface area contributed by atoms with E-state index in [2.05, 4.69) is 10.6 Å². The van der Waals surface area contributed by atoms with Crippen molar-refractivity contribution >= 4 is 11.8 Å². The van der Waals surface area contributed by atoms with E-state index in [-0.39, 0.29) is 6.54 Å². The van der Waals surface area contributed by atoms with Gasteiger partial charge in [-0.2, -0.15) is 0 Å². The predicted molar refractivity (Wildman–Crippen MR) is 66.0 cm³/mol. The first-order valence-electron chi connectivity index (χ1n) is 5.85. The van der Waals surface area contributed by atoms with E-state index in [0.29, 0.717) is 18.7 Å². The van der Waals surface area contributed by atoms with Crippen LogP contribution in [-0.2, 0) is 22.6 Å². The summed E-state index contributed by atoms with van der Waals surface area (Å²) < 4.78 is 9.93. The fourth-order valence-electron chi connectivity index (χ4n) is 1.50. The lowest BCUT2D eigenvalue weighted by atomic mass is 10.2. The Morgan fingerprint density at radius 2 is 1.95 bits per heavy atom. The van der Waals surface area contributed by atoms with Crippen LogP contribution in [0, 0.1) is 0 Å². The molecule has 2 amide bonds. The van der Waals surface area contributed by atoms with E-state index < -0.39 is 11.8 Å². The summed E-state index contributed by atoms with van der Waals surface area (Å²) in [6.07, 6.45) is 5.29. The molecule has 2 N–H and O–H groups in total. The monoisotopic (exact) mass is 262 g/mol. The Morgan fingerprint density at radius 1 is 1.11 bits per heavy atom. The fraction of sp³-hybridized carbons (Fsp3) is 0.231. The minimum atomic E-state index is -0.677. The van der Waals surface area contributed by atoms with Crippen molar-refractivity contribution in [1.82, 2.24) is 10.6 Å². The lowest BCUT2D eigenvalue weighted by Crippen LogP contribution is -2.40. The average molecular weight is 262 g/mol. The molecular weight excluding hydrogens is 248 g/mol. The molecule has 0 radical (unpaired) electrons. The average Bonchev–Trinajstić information content (AvgIpc) is 3.08. The first kappa shape index (κ1) is 12.9. The summed E-state index contributed by atoms with van der Waals surface area (Å²) in [5.74, 6) is -0.738. The summed E-state index contributed by atoms with van der Waals surface area (Å²) in [5, 5.41) is 4.99. The van der Waals surface area contributed by atoms with E-state index in [0.717, 1.165) is 5.56 Å². The SMILES string of the molecule is O=C(NCCc1ccoc1)C(=O)NCc1ccco1. The molecule has 0 saturated heterocycles. The van der Waals surface area contributed by atoms with Gasteiger partial charge in [0, 0.05) is 6.54 Å². The van der Waals surface area contributed by atoms with Gasteiger partial charge in [-0.3, -0.25) is 9.59 Å². The molecule has 2 aromatic heterocycles. The summed E-state index contributed by atoms with van der Waals surface area (Å²) in [6, 6.07) is 5.24. The minimum Gasteiger partial charge on any atom is -0.472 e. The van der Waals surface area contributed by atoms with E-state index in [1.54, 1.807) is 24.7 Å². The van der Waals surface area contributed by atoms with Crippen molar-refractivity contribution in [2.75, 3.05) is 6.54 Å². The second-order valence-corrected chi connectivity index (χ2v) is 3.90. The molecule has 100 valence electrons. The van der Waals surface area contributed by atoms with Gasteiger partial charge in [0.1, 0.15) is 5.76 Å². The Balaban J connectivity index is 1.66. The topological polar surface area (TPSA) is 84.5 Å². The number of amides is 2. The standard InChI is InChI=1S/C13H14N2O4/c16-12(14-5-3-10-4-7-18-9-10)13(17)15-8-11-2-1-6-19-11/h1-2,4,6-7,9H,3,5,8H2,(H,14,16)(H,15,17). The van der Waals surface area contributed by atoms with Crippen molar-refractivity contribution in [3.8, 4) is 0 Å². The molecule has 6 nitrogen and oxygen atoms in total.